The van der Waals surface area contributed by atoms with E-state index in [9.17, 15) is 17.8 Å². The van der Waals surface area contributed by atoms with Crippen LogP contribution >= 0.6 is 12.2 Å². The third-order valence-electron chi connectivity index (χ3n) is 2.23. The fraction of sp³-hybridized carbons (Fsp3) is 0.111. The first-order chi connectivity index (χ1) is 8.89. The van der Waals surface area contributed by atoms with Gasteiger partial charge in [0.05, 0.1) is 10.5 Å². The van der Waals surface area contributed by atoms with Crippen LogP contribution in [0.4, 0.5) is 0 Å². The van der Waals surface area contributed by atoms with E-state index in [4.69, 9.17) is 12.2 Å². The molecule has 1 heterocycles. The number of amides is 1. The maximum Gasteiger partial charge on any atom is 1.00 e. The molecule has 8 nitrogen and oxygen atoms in total. The van der Waals surface area contributed by atoms with Gasteiger partial charge in [-0.2, -0.15) is 5.11 Å². The van der Waals surface area contributed by atoms with Crippen LogP contribution in [-0.4, -0.2) is 35.7 Å². The number of rotatable bonds is 3. The molecule has 100 valence electrons. The second kappa shape index (κ2) is 6.70. The fourth-order valence-electron chi connectivity index (χ4n) is 1.41. The topological polar surface area (TPSA) is 114 Å². The third-order valence-corrected chi connectivity index (χ3v) is 3.43. The Balaban J connectivity index is 0.00000200. The molecule has 0 aliphatic carbocycles. The summed E-state index contributed by atoms with van der Waals surface area (Å²) in [7, 11) is -4.73. The van der Waals surface area contributed by atoms with Crippen LogP contribution in [0, 0.1) is 0 Å². The summed E-state index contributed by atoms with van der Waals surface area (Å²) in [6, 6.07) is 5.09. The van der Waals surface area contributed by atoms with Crippen molar-refractivity contribution >= 4 is 33.4 Å². The summed E-state index contributed by atoms with van der Waals surface area (Å²) in [5, 5.41) is 8.31. The summed E-state index contributed by atoms with van der Waals surface area (Å²) in [6.45, 7) is 0.0386. The first-order valence-electron chi connectivity index (χ1n) is 4.94. The van der Waals surface area contributed by atoms with Crippen molar-refractivity contribution in [2.75, 3.05) is 6.67 Å². The van der Waals surface area contributed by atoms with E-state index < -0.39 is 20.9 Å². The number of carbonyl (C=O) groups is 1. The largest absolute Gasteiger partial charge is 1.00 e. The van der Waals surface area contributed by atoms with Gasteiger partial charge in [0.25, 0.3) is 5.91 Å². The van der Waals surface area contributed by atoms with E-state index in [1.807, 2.05) is 0 Å². The molecule has 1 aromatic rings. The number of hydrazine groups is 1. The molecule has 2 rings (SSSR count). The minimum Gasteiger partial charge on any atom is -0.744 e. The fourth-order valence-corrected chi connectivity index (χ4v) is 2.24. The molecule has 20 heavy (non-hydrogen) atoms. The number of hydrogen-bond acceptors (Lipinski definition) is 6. The zero-order valence-electron chi connectivity index (χ0n) is 10.3. The third kappa shape index (κ3) is 3.81. The van der Waals surface area contributed by atoms with Gasteiger partial charge in [0, 0.05) is 0 Å². The number of carbonyl (C=O) groups excluding carboxylic acids is 1. The Hall–Kier alpha value is -0.910. The molecule has 0 aromatic heterocycles. The van der Waals surface area contributed by atoms with E-state index in [1.165, 1.54) is 18.2 Å². The molecule has 0 saturated heterocycles. The number of hydrogen-bond donors (Lipinski definition) is 1. The van der Waals surface area contributed by atoms with Crippen LogP contribution in [-0.2, 0) is 10.1 Å². The Morgan fingerprint density at radius 1 is 1.40 bits per heavy atom. The average Bonchev–Trinajstić information content (AvgIpc) is 2.74. The van der Waals surface area contributed by atoms with E-state index in [0.29, 0.717) is 0 Å². The van der Waals surface area contributed by atoms with Gasteiger partial charge in [0.2, 0.25) is 5.11 Å². The Bertz CT molecular complexity index is 676. The number of benzene rings is 1. The van der Waals surface area contributed by atoms with E-state index in [2.05, 4.69) is 15.7 Å². The van der Waals surface area contributed by atoms with E-state index in [-0.39, 0.29) is 46.9 Å². The summed E-state index contributed by atoms with van der Waals surface area (Å²) < 4.78 is 33.1. The van der Waals surface area contributed by atoms with Crippen LogP contribution in [0.2, 0.25) is 0 Å². The molecule has 0 radical (unpaired) electrons. The molecule has 0 bridgehead atoms. The van der Waals surface area contributed by atoms with Crippen LogP contribution in [0.5, 0.6) is 0 Å². The van der Waals surface area contributed by atoms with E-state index in [1.54, 1.807) is 0 Å². The molecule has 0 saturated carbocycles. The minimum atomic E-state index is -4.73. The molecule has 1 N–H and O–H groups in total. The second-order valence-electron chi connectivity index (χ2n) is 3.48. The standard InChI is InChI=1S/C9H8N4O4S2.Na/c14-8(12-13-5-10-11-9(13)18)6-3-1-2-4-7(6)19(15,16)17;/h1-4H,5H2,(H,12,14)(H,15,16,17);/q;+1/p-1. The van der Waals surface area contributed by atoms with Gasteiger partial charge in [-0.25, -0.2) is 13.4 Å². The maximum atomic E-state index is 11.9. The van der Waals surface area contributed by atoms with Gasteiger partial charge in [0.15, 0.2) is 6.67 Å². The zero-order valence-corrected chi connectivity index (χ0v) is 13.9. The van der Waals surface area contributed by atoms with Crippen molar-refractivity contribution in [1.82, 2.24) is 10.4 Å². The van der Waals surface area contributed by atoms with Crippen molar-refractivity contribution in [2.45, 2.75) is 4.90 Å². The number of azo groups is 1. The van der Waals surface area contributed by atoms with Crippen molar-refractivity contribution in [1.29, 1.82) is 0 Å². The summed E-state index contributed by atoms with van der Waals surface area (Å²) in [4.78, 5) is 11.3. The number of thiocarbonyl (C=S) groups is 1. The maximum absolute atomic E-state index is 11.9. The molecule has 1 aromatic carbocycles. The Kier molecular flexibility index (Phi) is 5.74. The van der Waals surface area contributed by atoms with Gasteiger partial charge in [-0.1, -0.05) is 12.1 Å². The van der Waals surface area contributed by atoms with Crippen LogP contribution in [0.25, 0.3) is 0 Å². The average molecular weight is 322 g/mol. The molecule has 0 unspecified atom stereocenters. The molecule has 0 fully saturated rings. The van der Waals surface area contributed by atoms with Crippen LogP contribution in [0.15, 0.2) is 39.4 Å². The summed E-state index contributed by atoms with van der Waals surface area (Å²) in [5.74, 6) is -0.773. The van der Waals surface area contributed by atoms with Gasteiger partial charge < -0.3 is 4.55 Å². The smallest absolute Gasteiger partial charge is 0.744 e. The van der Waals surface area contributed by atoms with Gasteiger partial charge in [-0.05, 0) is 24.4 Å². The van der Waals surface area contributed by atoms with Gasteiger partial charge in [0.1, 0.15) is 10.1 Å². The van der Waals surface area contributed by atoms with Gasteiger partial charge in [-0.3, -0.25) is 10.2 Å². The van der Waals surface area contributed by atoms with Crippen LogP contribution in [0.1, 0.15) is 10.4 Å². The first kappa shape index (κ1) is 17.1. The van der Waals surface area contributed by atoms with Crippen LogP contribution < -0.4 is 35.0 Å². The Labute approximate surface area is 142 Å². The van der Waals surface area contributed by atoms with Crippen molar-refractivity contribution in [3.8, 4) is 0 Å². The Morgan fingerprint density at radius 3 is 2.60 bits per heavy atom. The van der Waals surface area contributed by atoms with Crippen molar-refractivity contribution in [3.63, 3.8) is 0 Å². The molecule has 1 aliphatic heterocycles. The molecular weight excluding hydrogens is 315 g/mol. The van der Waals surface area contributed by atoms with Gasteiger partial charge >= 0.3 is 29.6 Å². The molecule has 1 amide bonds. The summed E-state index contributed by atoms with van der Waals surface area (Å²) in [5.41, 5.74) is 2.06. The molecule has 11 heteroatoms. The summed E-state index contributed by atoms with van der Waals surface area (Å²) >= 11 is 4.79. The molecule has 0 atom stereocenters. The second-order valence-corrected chi connectivity index (χ2v) is 5.20. The first-order valence-corrected chi connectivity index (χ1v) is 6.76. The van der Waals surface area contributed by atoms with Crippen LogP contribution in [0.3, 0.4) is 0 Å². The van der Waals surface area contributed by atoms with E-state index >= 15 is 0 Å². The number of nitrogens with zero attached hydrogens (tertiary/aromatic N) is 3. The quantitative estimate of drug-likeness (QED) is 0.367. The summed E-state index contributed by atoms with van der Waals surface area (Å²) in [6.07, 6.45) is 0. The molecule has 0 spiro atoms. The minimum absolute atomic E-state index is 0. The predicted octanol–water partition coefficient (Wildman–Crippen LogP) is -2.75. The number of nitrogens with one attached hydrogen (secondary N) is 1. The van der Waals surface area contributed by atoms with Crippen molar-refractivity contribution in [2.24, 2.45) is 10.2 Å². The molecular formula is C9H7N4NaO4S2. The SMILES string of the molecule is O=C(NN1CN=NC1=S)c1ccccc1S(=O)(=O)[O-].[Na+]. The zero-order chi connectivity index (χ0) is 14.0. The predicted molar refractivity (Wildman–Crippen MR) is 66.0 cm³/mol. The van der Waals surface area contributed by atoms with Crippen molar-refractivity contribution < 1.29 is 47.3 Å². The van der Waals surface area contributed by atoms with Gasteiger partial charge in [-0.15, -0.1) is 5.11 Å². The Morgan fingerprint density at radius 2 is 2.05 bits per heavy atom. The van der Waals surface area contributed by atoms with Crippen molar-refractivity contribution in [3.05, 3.63) is 29.8 Å². The normalized spacial score (nSPS) is 14.1. The molecule has 1 aliphatic rings. The van der Waals surface area contributed by atoms with E-state index in [0.717, 1.165) is 11.1 Å². The monoisotopic (exact) mass is 322 g/mol.